The minimum absolute atomic E-state index is 0.0370. The van der Waals surface area contributed by atoms with Crippen molar-refractivity contribution in [2.75, 3.05) is 6.54 Å². The summed E-state index contributed by atoms with van der Waals surface area (Å²) in [6, 6.07) is 9.55. The summed E-state index contributed by atoms with van der Waals surface area (Å²) in [4.78, 5) is 98.1. The molecular formula is C46H56N8O7. The minimum atomic E-state index is -1.42. The van der Waals surface area contributed by atoms with Crippen molar-refractivity contribution in [3.8, 4) is 0 Å². The van der Waals surface area contributed by atoms with Gasteiger partial charge in [-0.2, -0.15) is 0 Å². The van der Waals surface area contributed by atoms with E-state index in [-0.39, 0.29) is 37.3 Å². The molecule has 7 N–H and O–H groups in total. The van der Waals surface area contributed by atoms with E-state index in [1.54, 1.807) is 11.1 Å². The Hall–Kier alpha value is -5.70. The molecule has 61 heavy (non-hydrogen) atoms. The van der Waals surface area contributed by atoms with E-state index < -0.39 is 71.4 Å². The fourth-order valence-corrected chi connectivity index (χ4v) is 11.0. The molecular weight excluding hydrogens is 777 g/mol. The van der Waals surface area contributed by atoms with Gasteiger partial charge in [0.1, 0.15) is 35.7 Å². The zero-order valence-corrected chi connectivity index (χ0v) is 34.6. The van der Waals surface area contributed by atoms with E-state index in [4.69, 9.17) is 0 Å². The zero-order valence-electron chi connectivity index (χ0n) is 34.6. The number of aliphatic hydroxyl groups is 1. The van der Waals surface area contributed by atoms with Crippen LogP contribution in [-0.2, 0) is 41.6 Å². The maximum atomic E-state index is 14.9. The number of benzene rings is 2. The van der Waals surface area contributed by atoms with E-state index in [1.807, 2.05) is 54.7 Å². The second-order valence-electron chi connectivity index (χ2n) is 18.0. The summed E-state index contributed by atoms with van der Waals surface area (Å²) in [5.74, 6) is -3.07. The number of fused-ring (bicyclic) bond motifs is 6. The fourth-order valence-electron chi connectivity index (χ4n) is 11.0. The second kappa shape index (κ2) is 16.6. The van der Waals surface area contributed by atoms with Gasteiger partial charge in [-0.3, -0.25) is 28.8 Å². The van der Waals surface area contributed by atoms with Gasteiger partial charge in [0, 0.05) is 59.6 Å². The highest BCUT2D eigenvalue weighted by atomic mass is 16.3. The van der Waals surface area contributed by atoms with Crippen LogP contribution in [0.2, 0.25) is 0 Å². The minimum Gasteiger partial charge on any atom is -0.391 e. The average Bonchev–Trinajstić information content (AvgIpc) is 4.12. The van der Waals surface area contributed by atoms with Crippen LogP contribution in [0.5, 0.6) is 0 Å². The summed E-state index contributed by atoms with van der Waals surface area (Å²) >= 11 is 0. The van der Waals surface area contributed by atoms with E-state index >= 15 is 0 Å². The molecule has 3 aliphatic heterocycles. The molecule has 2 aromatic heterocycles. The summed E-state index contributed by atoms with van der Waals surface area (Å²) in [5, 5.41) is 24.8. The topological polar surface area (TPSA) is 209 Å². The molecule has 15 nitrogen and oxygen atoms in total. The fraction of sp³-hybridized carbons (Fsp3) is 0.522. The van der Waals surface area contributed by atoms with Gasteiger partial charge >= 0.3 is 0 Å². The van der Waals surface area contributed by atoms with Crippen LogP contribution in [0.4, 0.5) is 0 Å². The molecule has 0 radical (unpaired) electrons. The standard InChI is InChI=1S/C46H56N8O7/c1-26(55)39-44(60)53-20-10-17-37(53)43(59)54-36-16-7-2-11-27(36)23-38(54)42(58)49-35(22-29-25-48-33-15-6-4-13-31(29)33)41(57)52-46(18-8-9-19-46)45(61)50-34(40(56)51-39)21-28-24-47-32-14-5-3-12-30(28)32/h3-6,12-15,24-27,34-39,47-48,55H,2,7-11,16-23H2,1H3,(H,49,58)(H,50,61)(H,51,56)(H,52,57)/t26?,27-,34+,35+,36-,37-,38-,39+/m1/s1. The molecule has 5 fully saturated rings. The molecule has 6 amide bonds. The number of carbonyl (C=O) groups is 6. The predicted octanol–water partition coefficient (Wildman–Crippen LogP) is 2.86. The Labute approximate surface area is 354 Å². The van der Waals surface area contributed by atoms with Crippen molar-refractivity contribution in [2.24, 2.45) is 5.92 Å². The van der Waals surface area contributed by atoms with E-state index in [9.17, 15) is 33.9 Å². The molecule has 2 aromatic carbocycles. The van der Waals surface area contributed by atoms with E-state index in [1.165, 1.54) is 11.8 Å². The zero-order chi connectivity index (χ0) is 42.4. The van der Waals surface area contributed by atoms with Crippen molar-refractivity contribution in [3.05, 3.63) is 72.1 Å². The highest BCUT2D eigenvalue weighted by Crippen LogP contribution is 2.41. The first-order valence-corrected chi connectivity index (χ1v) is 22.2. The van der Waals surface area contributed by atoms with E-state index in [2.05, 4.69) is 31.2 Å². The lowest BCUT2D eigenvalue weighted by molar-refractivity contribution is -0.151. The van der Waals surface area contributed by atoms with E-state index in [0.29, 0.717) is 44.9 Å². The number of nitrogens with zero attached hydrogens (tertiary/aromatic N) is 2. The van der Waals surface area contributed by atoms with Crippen molar-refractivity contribution in [1.29, 1.82) is 0 Å². The number of carbonyl (C=O) groups excluding carboxylic acids is 6. The van der Waals surface area contributed by atoms with E-state index in [0.717, 1.165) is 58.6 Å². The predicted molar refractivity (Wildman–Crippen MR) is 227 cm³/mol. The first-order valence-electron chi connectivity index (χ1n) is 22.2. The number of aromatic amines is 2. The molecule has 9 rings (SSSR count). The average molecular weight is 833 g/mol. The number of rotatable bonds is 5. The van der Waals surface area contributed by atoms with Gasteiger partial charge in [-0.05, 0) is 81.0 Å². The van der Waals surface area contributed by atoms with Crippen molar-refractivity contribution >= 4 is 57.2 Å². The van der Waals surface area contributed by atoms with Crippen LogP contribution in [-0.4, -0.2) is 115 Å². The summed E-state index contributed by atoms with van der Waals surface area (Å²) in [5.41, 5.74) is 1.86. The molecule has 4 aromatic rings. The third kappa shape index (κ3) is 7.65. The molecule has 1 unspecified atom stereocenters. The number of amides is 6. The second-order valence-corrected chi connectivity index (χ2v) is 18.0. The Kier molecular flexibility index (Phi) is 11.1. The van der Waals surface area contributed by atoms with Gasteiger partial charge in [0.2, 0.25) is 35.4 Å². The van der Waals surface area contributed by atoms with Crippen LogP contribution < -0.4 is 21.3 Å². The Morgan fingerprint density at radius 2 is 1.31 bits per heavy atom. The van der Waals surface area contributed by atoms with Crippen molar-refractivity contribution in [2.45, 2.75) is 138 Å². The van der Waals surface area contributed by atoms with Gasteiger partial charge in [-0.15, -0.1) is 0 Å². The van der Waals surface area contributed by atoms with Crippen LogP contribution in [0.1, 0.15) is 88.7 Å². The Morgan fingerprint density at radius 1 is 0.689 bits per heavy atom. The summed E-state index contributed by atoms with van der Waals surface area (Å²) in [7, 11) is 0. The first kappa shape index (κ1) is 40.7. The van der Waals surface area contributed by atoms with Gasteiger partial charge in [0.05, 0.1) is 6.10 Å². The highest BCUT2D eigenvalue weighted by molar-refractivity contribution is 6.01. The number of aliphatic hydroxyl groups excluding tert-OH is 1. The maximum absolute atomic E-state index is 14.9. The van der Waals surface area contributed by atoms with Crippen LogP contribution in [0.3, 0.4) is 0 Å². The smallest absolute Gasteiger partial charge is 0.248 e. The van der Waals surface area contributed by atoms with Gasteiger partial charge in [0.25, 0.3) is 0 Å². The van der Waals surface area contributed by atoms with Crippen molar-refractivity contribution in [1.82, 2.24) is 41.0 Å². The third-order valence-corrected chi connectivity index (χ3v) is 14.2. The van der Waals surface area contributed by atoms with Crippen molar-refractivity contribution in [3.63, 3.8) is 0 Å². The van der Waals surface area contributed by atoms with Crippen molar-refractivity contribution < 1.29 is 33.9 Å². The third-order valence-electron chi connectivity index (χ3n) is 14.2. The number of H-pyrrole nitrogens is 2. The lowest BCUT2D eigenvalue weighted by Gasteiger charge is -2.38. The molecule has 2 aliphatic carbocycles. The summed E-state index contributed by atoms with van der Waals surface area (Å²) < 4.78 is 0. The number of aromatic nitrogens is 2. The lowest BCUT2D eigenvalue weighted by atomic mass is 9.84. The number of hydrogen-bond acceptors (Lipinski definition) is 7. The van der Waals surface area contributed by atoms with Gasteiger partial charge in [-0.1, -0.05) is 62.1 Å². The molecule has 5 heterocycles. The Bertz CT molecular complexity index is 2350. The first-order chi connectivity index (χ1) is 29.5. The molecule has 15 heteroatoms. The quantitative estimate of drug-likeness (QED) is 0.160. The molecule has 8 atom stereocenters. The van der Waals surface area contributed by atoms with Gasteiger partial charge < -0.3 is 46.1 Å². The van der Waals surface area contributed by atoms with Gasteiger partial charge in [0.15, 0.2) is 0 Å². The van der Waals surface area contributed by atoms with Crippen LogP contribution in [0, 0.1) is 5.92 Å². The van der Waals surface area contributed by atoms with Crippen LogP contribution in [0.25, 0.3) is 21.8 Å². The lowest BCUT2D eigenvalue weighted by Crippen LogP contribution is -2.66. The largest absolute Gasteiger partial charge is 0.391 e. The molecule has 5 aliphatic rings. The summed E-state index contributed by atoms with van der Waals surface area (Å²) in [6.45, 7) is 1.65. The molecule has 2 saturated carbocycles. The summed E-state index contributed by atoms with van der Waals surface area (Å²) in [6.07, 6.45) is 9.10. The van der Waals surface area contributed by atoms with Crippen LogP contribution >= 0.6 is 0 Å². The molecule has 322 valence electrons. The SMILES string of the molecule is CC(O)[C@@H]1NC(=O)[C@H](Cc2c[nH]c3ccccc23)NC(=O)C2(CCCC2)NC(=O)[C@H](Cc2c[nH]c3ccccc23)NC(=O)[C@H]2C[C@H]3CCCC[C@H]3N2C(=O)[C@H]2CCCN2C1=O. The maximum Gasteiger partial charge on any atom is 0.248 e. The Morgan fingerprint density at radius 3 is 1.97 bits per heavy atom. The van der Waals surface area contributed by atoms with Crippen LogP contribution in [0.15, 0.2) is 60.9 Å². The Balaban J connectivity index is 1.12. The number of hydrogen-bond donors (Lipinski definition) is 7. The monoisotopic (exact) mass is 832 g/mol. The number of nitrogens with one attached hydrogen (secondary N) is 6. The molecule has 3 saturated heterocycles. The normalized spacial score (nSPS) is 29.4. The molecule has 0 bridgehead atoms. The highest BCUT2D eigenvalue weighted by Gasteiger charge is 2.52. The molecule has 1 spiro atoms. The van der Waals surface area contributed by atoms with Gasteiger partial charge in [-0.25, -0.2) is 0 Å². The number of para-hydroxylation sites is 2.